The molecule has 7 heteroatoms. The Morgan fingerprint density at radius 3 is 2.74 bits per heavy atom. The molecule has 6 nitrogen and oxygen atoms in total. The molecule has 1 aliphatic carbocycles. The molecule has 2 aromatic rings. The molecular formula is C16H19FN4O2. The second kappa shape index (κ2) is 6.36. The Morgan fingerprint density at radius 1 is 1.30 bits per heavy atom. The van der Waals surface area contributed by atoms with Crippen molar-refractivity contribution < 1.29 is 13.7 Å². The summed E-state index contributed by atoms with van der Waals surface area (Å²) < 4.78 is 18.5. The zero-order valence-corrected chi connectivity index (χ0v) is 12.9. The van der Waals surface area contributed by atoms with E-state index in [4.69, 9.17) is 4.52 Å². The number of rotatable bonds is 3. The monoisotopic (exact) mass is 318 g/mol. The van der Waals surface area contributed by atoms with Crippen molar-refractivity contribution in [1.82, 2.24) is 15.5 Å². The Balaban J connectivity index is 1.77. The van der Waals surface area contributed by atoms with Gasteiger partial charge < -0.3 is 15.2 Å². The van der Waals surface area contributed by atoms with E-state index in [0.29, 0.717) is 17.4 Å². The first-order chi connectivity index (χ1) is 11.1. The molecule has 3 rings (SSSR count). The molecule has 1 saturated carbocycles. The largest absolute Gasteiger partial charge is 0.337 e. The lowest BCUT2D eigenvalue weighted by Crippen LogP contribution is -2.49. The number of hydrogen-bond donors (Lipinski definition) is 2. The first-order valence-electron chi connectivity index (χ1n) is 7.73. The fraction of sp³-hybridized carbons (Fsp3) is 0.438. The van der Waals surface area contributed by atoms with Crippen molar-refractivity contribution in [2.24, 2.45) is 0 Å². The van der Waals surface area contributed by atoms with Crippen molar-refractivity contribution in [3.8, 4) is 0 Å². The molecule has 23 heavy (non-hydrogen) atoms. The average Bonchev–Trinajstić information content (AvgIpc) is 2.95. The van der Waals surface area contributed by atoms with Crippen LogP contribution in [0.15, 0.2) is 28.8 Å². The first-order valence-corrected chi connectivity index (χ1v) is 7.73. The summed E-state index contributed by atoms with van der Waals surface area (Å²) in [7, 11) is 0. The number of amides is 2. The Bertz CT molecular complexity index is 695. The number of aromatic nitrogens is 2. The minimum absolute atomic E-state index is 0.398. The van der Waals surface area contributed by atoms with Gasteiger partial charge in [-0.2, -0.15) is 4.98 Å². The van der Waals surface area contributed by atoms with Gasteiger partial charge in [0.25, 0.3) is 5.89 Å². The number of carbonyl (C=O) groups excluding carboxylic acids is 1. The molecule has 0 spiro atoms. The lowest BCUT2D eigenvalue weighted by Gasteiger charge is -2.34. The molecule has 2 amide bonds. The van der Waals surface area contributed by atoms with Crippen LogP contribution in [-0.4, -0.2) is 16.2 Å². The first kappa shape index (κ1) is 15.5. The number of hydrogen-bond acceptors (Lipinski definition) is 4. The van der Waals surface area contributed by atoms with E-state index in [1.165, 1.54) is 12.1 Å². The molecular weight excluding hydrogens is 299 g/mol. The number of urea groups is 1. The summed E-state index contributed by atoms with van der Waals surface area (Å²) in [5.74, 6) is 0.573. The fourth-order valence-electron chi connectivity index (χ4n) is 2.99. The van der Waals surface area contributed by atoms with E-state index in [1.54, 1.807) is 19.1 Å². The maximum absolute atomic E-state index is 13.2. The van der Waals surface area contributed by atoms with E-state index in [2.05, 4.69) is 20.8 Å². The quantitative estimate of drug-likeness (QED) is 0.907. The SMILES string of the molecule is Cc1noc(C2(NC(=O)Nc3cccc(F)c3)CCCCC2)n1. The number of carbonyl (C=O) groups is 1. The molecule has 0 bridgehead atoms. The van der Waals surface area contributed by atoms with Gasteiger partial charge in [0.1, 0.15) is 11.4 Å². The molecule has 0 unspecified atom stereocenters. The highest BCUT2D eigenvalue weighted by molar-refractivity contribution is 5.89. The van der Waals surface area contributed by atoms with E-state index in [0.717, 1.165) is 32.1 Å². The van der Waals surface area contributed by atoms with Crippen molar-refractivity contribution in [1.29, 1.82) is 0 Å². The van der Waals surface area contributed by atoms with Crippen molar-refractivity contribution in [2.75, 3.05) is 5.32 Å². The molecule has 1 heterocycles. The van der Waals surface area contributed by atoms with Gasteiger partial charge in [-0.15, -0.1) is 0 Å². The summed E-state index contributed by atoms with van der Waals surface area (Å²) in [5.41, 5.74) is -0.258. The third-order valence-electron chi connectivity index (χ3n) is 4.08. The highest BCUT2D eigenvalue weighted by Gasteiger charge is 2.40. The van der Waals surface area contributed by atoms with Crippen molar-refractivity contribution >= 4 is 11.7 Å². The van der Waals surface area contributed by atoms with Crippen LogP contribution in [0.25, 0.3) is 0 Å². The number of nitrogens with zero attached hydrogens (tertiary/aromatic N) is 2. The van der Waals surface area contributed by atoms with Gasteiger partial charge in [-0.3, -0.25) is 0 Å². The summed E-state index contributed by atoms with van der Waals surface area (Å²) >= 11 is 0. The fourth-order valence-corrected chi connectivity index (χ4v) is 2.99. The van der Waals surface area contributed by atoms with Gasteiger partial charge in [0.15, 0.2) is 5.82 Å². The van der Waals surface area contributed by atoms with Crippen molar-refractivity contribution in [2.45, 2.75) is 44.6 Å². The van der Waals surface area contributed by atoms with E-state index in [9.17, 15) is 9.18 Å². The number of aryl methyl sites for hydroxylation is 1. The van der Waals surface area contributed by atoms with Crippen molar-refractivity contribution in [3.05, 3.63) is 41.8 Å². The predicted molar refractivity (Wildman–Crippen MR) is 82.4 cm³/mol. The van der Waals surface area contributed by atoms with Crippen LogP contribution in [0.5, 0.6) is 0 Å². The van der Waals surface area contributed by atoms with E-state index in [-0.39, 0.29) is 0 Å². The maximum Gasteiger partial charge on any atom is 0.320 e. The van der Waals surface area contributed by atoms with Gasteiger partial charge in [0.05, 0.1) is 0 Å². The third-order valence-corrected chi connectivity index (χ3v) is 4.08. The second-order valence-corrected chi connectivity index (χ2v) is 5.88. The summed E-state index contributed by atoms with van der Waals surface area (Å²) in [5, 5.41) is 9.45. The van der Waals surface area contributed by atoms with Gasteiger partial charge >= 0.3 is 6.03 Å². The van der Waals surface area contributed by atoms with Gasteiger partial charge in [0.2, 0.25) is 0 Å². The number of halogens is 1. The standard InChI is InChI=1S/C16H19FN4O2/c1-11-18-14(23-21-11)16(8-3-2-4-9-16)20-15(22)19-13-7-5-6-12(17)10-13/h5-7,10H,2-4,8-9H2,1H3,(H2,19,20,22). The Morgan fingerprint density at radius 2 is 2.09 bits per heavy atom. The van der Waals surface area contributed by atoms with E-state index < -0.39 is 17.4 Å². The molecule has 1 fully saturated rings. The van der Waals surface area contributed by atoms with Gasteiger partial charge in [0, 0.05) is 5.69 Å². The summed E-state index contributed by atoms with van der Waals surface area (Å²) in [6, 6.07) is 5.36. The van der Waals surface area contributed by atoms with Crippen LogP contribution in [-0.2, 0) is 5.54 Å². The minimum atomic E-state index is -0.656. The van der Waals surface area contributed by atoms with Crippen LogP contribution in [0, 0.1) is 12.7 Å². The van der Waals surface area contributed by atoms with E-state index >= 15 is 0 Å². The highest BCUT2D eigenvalue weighted by atomic mass is 19.1. The second-order valence-electron chi connectivity index (χ2n) is 5.88. The smallest absolute Gasteiger partial charge is 0.320 e. The normalized spacial score (nSPS) is 16.8. The molecule has 0 aliphatic heterocycles. The molecule has 1 aromatic carbocycles. The zero-order valence-electron chi connectivity index (χ0n) is 12.9. The van der Waals surface area contributed by atoms with Crippen LogP contribution in [0.4, 0.5) is 14.9 Å². The van der Waals surface area contributed by atoms with Crippen LogP contribution in [0.3, 0.4) is 0 Å². The Hall–Kier alpha value is -2.44. The molecule has 0 atom stereocenters. The lowest BCUT2D eigenvalue weighted by molar-refractivity contribution is 0.173. The summed E-state index contributed by atoms with van der Waals surface area (Å²) in [6.45, 7) is 1.75. The van der Waals surface area contributed by atoms with E-state index in [1.807, 2.05) is 0 Å². The Kier molecular flexibility index (Phi) is 4.27. The zero-order chi connectivity index (χ0) is 16.3. The van der Waals surface area contributed by atoms with Crippen LogP contribution in [0.1, 0.15) is 43.8 Å². The lowest BCUT2D eigenvalue weighted by atomic mass is 9.81. The average molecular weight is 318 g/mol. The summed E-state index contributed by atoms with van der Waals surface area (Å²) in [6.07, 6.45) is 4.54. The molecule has 0 saturated heterocycles. The van der Waals surface area contributed by atoms with Crippen LogP contribution in [0.2, 0.25) is 0 Å². The number of benzene rings is 1. The molecule has 0 radical (unpaired) electrons. The Labute approximate surface area is 133 Å². The van der Waals surface area contributed by atoms with Crippen LogP contribution >= 0.6 is 0 Å². The van der Waals surface area contributed by atoms with Gasteiger partial charge in [-0.1, -0.05) is 30.5 Å². The molecule has 1 aromatic heterocycles. The maximum atomic E-state index is 13.2. The molecule has 2 N–H and O–H groups in total. The van der Waals surface area contributed by atoms with Crippen molar-refractivity contribution in [3.63, 3.8) is 0 Å². The minimum Gasteiger partial charge on any atom is -0.337 e. The summed E-state index contributed by atoms with van der Waals surface area (Å²) in [4.78, 5) is 16.6. The topological polar surface area (TPSA) is 80.0 Å². The molecule has 122 valence electrons. The number of anilines is 1. The van der Waals surface area contributed by atoms with Gasteiger partial charge in [-0.05, 0) is 38.0 Å². The molecule has 1 aliphatic rings. The number of nitrogens with one attached hydrogen (secondary N) is 2. The highest BCUT2D eigenvalue weighted by Crippen LogP contribution is 2.36. The van der Waals surface area contributed by atoms with Crippen LogP contribution < -0.4 is 10.6 Å². The third kappa shape index (κ3) is 3.49. The van der Waals surface area contributed by atoms with Gasteiger partial charge in [-0.25, -0.2) is 9.18 Å². The predicted octanol–water partition coefficient (Wildman–Crippen LogP) is 3.50.